The van der Waals surface area contributed by atoms with Crippen LogP contribution in [0.1, 0.15) is 17.3 Å². The Morgan fingerprint density at radius 2 is 2.16 bits per heavy atom. The maximum atomic E-state index is 5.85. The molecule has 0 unspecified atom stereocenters. The normalized spacial score (nSPS) is 11.3. The average molecular weight is 276 g/mol. The van der Waals surface area contributed by atoms with Gasteiger partial charge < -0.3 is 9.09 Å². The maximum Gasteiger partial charge on any atom is 0.156 e. The van der Waals surface area contributed by atoms with Crippen LogP contribution in [0.15, 0.2) is 34.9 Å². The molecule has 0 aliphatic heterocycles. The quantitative estimate of drug-likeness (QED) is 0.687. The highest BCUT2D eigenvalue weighted by atomic mass is 35.5. The third kappa shape index (κ3) is 2.36. The molecule has 0 spiro atoms. The highest BCUT2D eigenvalue weighted by Gasteiger charge is 2.12. The van der Waals surface area contributed by atoms with Crippen LogP contribution in [0.5, 0.6) is 0 Å². The topological polar surface area (TPSA) is 43.9 Å². The van der Waals surface area contributed by atoms with Crippen molar-refractivity contribution in [1.29, 1.82) is 0 Å². The molecule has 0 fully saturated rings. The van der Waals surface area contributed by atoms with E-state index in [4.69, 9.17) is 16.1 Å². The molecule has 0 bridgehead atoms. The first-order chi connectivity index (χ1) is 9.28. The fourth-order valence-corrected chi connectivity index (χ4v) is 2.39. The zero-order chi connectivity index (χ0) is 13.2. The number of benzene rings is 1. The lowest BCUT2D eigenvalue weighted by Crippen LogP contribution is -2.05. The van der Waals surface area contributed by atoms with E-state index in [1.807, 2.05) is 31.2 Å². The summed E-state index contributed by atoms with van der Waals surface area (Å²) >= 11 is 5.85. The van der Waals surface area contributed by atoms with Crippen molar-refractivity contribution in [3.05, 3.63) is 47.6 Å². The molecule has 0 saturated carbocycles. The number of aryl methyl sites for hydroxylation is 2. The predicted octanol–water partition coefficient (Wildman–Crippen LogP) is 3.16. The van der Waals surface area contributed by atoms with E-state index >= 15 is 0 Å². The fraction of sp³-hybridized carbons (Fsp3) is 0.286. The molecular weight excluding hydrogens is 262 g/mol. The van der Waals surface area contributed by atoms with Gasteiger partial charge in [-0.25, -0.2) is 4.98 Å². The molecule has 2 heterocycles. The fourth-order valence-electron chi connectivity index (χ4n) is 2.22. The molecule has 4 nitrogen and oxygen atoms in total. The Kier molecular flexibility index (Phi) is 3.25. The lowest BCUT2D eigenvalue weighted by atomic mass is 10.3. The van der Waals surface area contributed by atoms with Crippen molar-refractivity contribution in [2.45, 2.75) is 19.9 Å². The van der Waals surface area contributed by atoms with E-state index in [2.05, 4.69) is 20.8 Å². The molecule has 19 heavy (non-hydrogen) atoms. The first-order valence-electron chi connectivity index (χ1n) is 6.20. The number of alkyl halides is 1. The molecule has 2 aromatic heterocycles. The van der Waals surface area contributed by atoms with Gasteiger partial charge in [0.25, 0.3) is 0 Å². The van der Waals surface area contributed by atoms with Crippen molar-refractivity contribution < 1.29 is 4.52 Å². The van der Waals surface area contributed by atoms with Crippen molar-refractivity contribution in [3.63, 3.8) is 0 Å². The van der Waals surface area contributed by atoms with Crippen LogP contribution in [0.4, 0.5) is 0 Å². The van der Waals surface area contributed by atoms with Crippen molar-refractivity contribution in [2.75, 3.05) is 5.88 Å². The van der Waals surface area contributed by atoms with Crippen LogP contribution in [0.3, 0.4) is 0 Å². The van der Waals surface area contributed by atoms with Gasteiger partial charge in [-0.3, -0.25) is 0 Å². The van der Waals surface area contributed by atoms with Crippen LogP contribution in [0.25, 0.3) is 11.0 Å². The van der Waals surface area contributed by atoms with Crippen LogP contribution in [-0.4, -0.2) is 20.6 Å². The third-order valence-corrected chi connectivity index (χ3v) is 3.23. The minimum Gasteiger partial charge on any atom is -0.359 e. The standard InChI is InChI=1S/C14H14ClN3O/c1-10-8-11(19-17-10)9-18-13-5-3-2-4-12(13)16-14(18)6-7-15/h2-5,8H,6-7,9H2,1H3. The molecule has 98 valence electrons. The number of hydrogen-bond acceptors (Lipinski definition) is 3. The molecule has 1 aromatic carbocycles. The van der Waals surface area contributed by atoms with Gasteiger partial charge in [0.05, 0.1) is 23.3 Å². The van der Waals surface area contributed by atoms with Gasteiger partial charge in [0.1, 0.15) is 5.82 Å². The van der Waals surface area contributed by atoms with Crippen molar-refractivity contribution in [1.82, 2.24) is 14.7 Å². The zero-order valence-corrected chi connectivity index (χ0v) is 11.4. The SMILES string of the molecule is Cc1cc(Cn2c(CCCl)nc3ccccc32)on1. The second kappa shape index (κ2) is 5.05. The van der Waals surface area contributed by atoms with Crippen LogP contribution in [0.2, 0.25) is 0 Å². The summed E-state index contributed by atoms with van der Waals surface area (Å²) in [4.78, 5) is 4.62. The highest BCUT2D eigenvalue weighted by molar-refractivity contribution is 6.17. The van der Waals surface area contributed by atoms with Crippen molar-refractivity contribution >= 4 is 22.6 Å². The largest absolute Gasteiger partial charge is 0.359 e. The van der Waals surface area contributed by atoms with Gasteiger partial charge >= 0.3 is 0 Å². The summed E-state index contributed by atoms with van der Waals surface area (Å²) in [5.41, 5.74) is 2.97. The third-order valence-electron chi connectivity index (χ3n) is 3.04. The van der Waals surface area contributed by atoms with Gasteiger partial charge in [0.15, 0.2) is 5.76 Å². The number of para-hydroxylation sites is 2. The van der Waals surface area contributed by atoms with Crippen molar-refractivity contribution in [2.24, 2.45) is 0 Å². The Morgan fingerprint density at radius 1 is 1.32 bits per heavy atom. The van der Waals surface area contributed by atoms with Crippen molar-refractivity contribution in [3.8, 4) is 0 Å². The number of aromatic nitrogens is 3. The Hall–Kier alpha value is -1.81. The number of imidazole rings is 1. The average Bonchev–Trinajstić information content (AvgIpc) is 2.96. The van der Waals surface area contributed by atoms with E-state index in [0.717, 1.165) is 34.7 Å². The van der Waals surface area contributed by atoms with E-state index in [-0.39, 0.29) is 0 Å². The second-order valence-electron chi connectivity index (χ2n) is 4.48. The van der Waals surface area contributed by atoms with E-state index in [9.17, 15) is 0 Å². The minimum absolute atomic E-state index is 0.554. The summed E-state index contributed by atoms with van der Waals surface area (Å²) in [6.07, 6.45) is 0.739. The summed E-state index contributed by atoms with van der Waals surface area (Å²) in [5.74, 6) is 2.36. The molecular formula is C14H14ClN3O. The molecule has 0 amide bonds. The smallest absolute Gasteiger partial charge is 0.156 e. The number of nitrogens with zero attached hydrogens (tertiary/aromatic N) is 3. The van der Waals surface area contributed by atoms with Gasteiger partial charge in [-0.1, -0.05) is 17.3 Å². The number of hydrogen-bond donors (Lipinski definition) is 0. The second-order valence-corrected chi connectivity index (χ2v) is 4.85. The first-order valence-corrected chi connectivity index (χ1v) is 6.73. The monoisotopic (exact) mass is 275 g/mol. The summed E-state index contributed by atoms with van der Waals surface area (Å²) < 4.78 is 7.42. The zero-order valence-electron chi connectivity index (χ0n) is 10.6. The predicted molar refractivity (Wildman–Crippen MR) is 74.5 cm³/mol. The van der Waals surface area contributed by atoms with Gasteiger partial charge in [0, 0.05) is 18.4 Å². The van der Waals surface area contributed by atoms with Gasteiger partial charge in [-0.05, 0) is 19.1 Å². The molecule has 0 aliphatic carbocycles. The Bertz CT molecular complexity index is 702. The highest BCUT2D eigenvalue weighted by Crippen LogP contribution is 2.19. The Balaban J connectivity index is 2.06. The number of rotatable bonds is 4. The van der Waals surface area contributed by atoms with E-state index < -0.39 is 0 Å². The number of halogens is 1. The number of fused-ring (bicyclic) bond motifs is 1. The summed E-state index contributed by atoms with van der Waals surface area (Å²) in [6, 6.07) is 10.0. The molecule has 3 aromatic rings. The summed E-state index contributed by atoms with van der Waals surface area (Å²) in [5, 5.41) is 3.92. The van der Waals surface area contributed by atoms with E-state index in [1.54, 1.807) is 0 Å². The summed E-state index contributed by atoms with van der Waals surface area (Å²) in [7, 11) is 0. The van der Waals surface area contributed by atoms with E-state index in [0.29, 0.717) is 12.4 Å². The molecule has 0 N–H and O–H groups in total. The van der Waals surface area contributed by atoms with Gasteiger partial charge in [-0.2, -0.15) is 0 Å². The van der Waals surface area contributed by atoms with Gasteiger partial charge in [0.2, 0.25) is 0 Å². The molecule has 0 atom stereocenters. The first kappa shape index (κ1) is 12.2. The molecule has 5 heteroatoms. The van der Waals surface area contributed by atoms with E-state index in [1.165, 1.54) is 0 Å². The maximum absolute atomic E-state index is 5.85. The minimum atomic E-state index is 0.554. The summed E-state index contributed by atoms with van der Waals surface area (Å²) in [6.45, 7) is 2.55. The Labute approximate surface area is 116 Å². The molecule has 0 radical (unpaired) electrons. The van der Waals surface area contributed by atoms with Crippen LogP contribution in [-0.2, 0) is 13.0 Å². The molecule has 0 saturated heterocycles. The van der Waals surface area contributed by atoms with Crippen LogP contribution >= 0.6 is 11.6 Å². The molecule has 0 aliphatic rings. The van der Waals surface area contributed by atoms with Crippen LogP contribution < -0.4 is 0 Å². The molecule has 3 rings (SSSR count). The Morgan fingerprint density at radius 3 is 2.89 bits per heavy atom. The lowest BCUT2D eigenvalue weighted by molar-refractivity contribution is 0.373. The van der Waals surface area contributed by atoms with Crippen LogP contribution in [0, 0.1) is 6.92 Å². The lowest BCUT2D eigenvalue weighted by Gasteiger charge is -2.05. The van der Waals surface area contributed by atoms with Gasteiger partial charge in [-0.15, -0.1) is 11.6 Å².